The van der Waals surface area contributed by atoms with Crippen molar-refractivity contribution in [3.8, 4) is 5.75 Å². The molecule has 0 aromatic heterocycles. The van der Waals surface area contributed by atoms with E-state index in [2.05, 4.69) is 19.9 Å². The van der Waals surface area contributed by atoms with Crippen LogP contribution in [0.2, 0.25) is 0 Å². The second-order valence-electron chi connectivity index (χ2n) is 5.91. The Hall–Kier alpha value is -1.06. The Kier molecular flexibility index (Phi) is 4.71. The summed E-state index contributed by atoms with van der Waals surface area (Å²) in [5.74, 6) is 0.884. The van der Waals surface area contributed by atoms with E-state index in [9.17, 15) is 5.11 Å². The summed E-state index contributed by atoms with van der Waals surface area (Å²) < 4.78 is 5.77. The van der Waals surface area contributed by atoms with E-state index in [1.165, 1.54) is 0 Å². The molecule has 0 fully saturated rings. The molecular weight excluding hydrogens is 250 g/mol. The van der Waals surface area contributed by atoms with Gasteiger partial charge in [-0.3, -0.25) is 0 Å². The van der Waals surface area contributed by atoms with Crippen molar-refractivity contribution in [1.29, 1.82) is 0 Å². The van der Waals surface area contributed by atoms with Crippen molar-refractivity contribution >= 4 is 0 Å². The molecule has 0 spiro atoms. The molecule has 112 valence electrons. The van der Waals surface area contributed by atoms with E-state index in [1.807, 2.05) is 18.2 Å². The molecule has 0 aliphatic carbocycles. The number of hydrogen-bond donors (Lipinski definition) is 2. The molecule has 0 saturated carbocycles. The highest BCUT2D eigenvalue weighted by molar-refractivity contribution is 5.44. The largest absolute Gasteiger partial charge is 0.493 e. The third-order valence-electron chi connectivity index (χ3n) is 4.76. The van der Waals surface area contributed by atoms with E-state index in [-0.39, 0.29) is 5.41 Å². The maximum absolute atomic E-state index is 11.4. The molecule has 0 saturated heterocycles. The Morgan fingerprint density at radius 3 is 2.50 bits per heavy atom. The SMILES string of the molecule is CCCC(O)(CCC)C1(CN)CCOc2ccccc21. The van der Waals surface area contributed by atoms with Gasteiger partial charge in [0, 0.05) is 17.5 Å². The van der Waals surface area contributed by atoms with E-state index >= 15 is 0 Å². The third-order valence-corrected chi connectivity index (χ3v) is 4.76. The van der Waals surface area contributed by atoms with Gasteiger partial charge < -0.3 is 15.6 Å². The molecule has 0 radical (unpaired) electrons. The first-order valence-electron chi connectivity index (χ1n) is 7.78. The van der Waals surface area contributed by atoms with Crippen LogP contribution < -0.4 is 10.5 Å². The molecule has 3 nitrogen and oxygen atoms in total. The summed E-state index contributed by atoms with van der Waals surface area (Å²) >= 11 is 0. The van der Waals surface area contributed by atoms with Gasteiger partial charge in [-0.15, -0.1) is 0 Å². The lowest BCUT2D eigenvalue weighted by atomic mass is 9.61. The molecule has 1 aliphatic heterocycles. The van der Waals surface area contributed by atoms with Crippen LogP contribution in [0.15, 0.2) is 24.3 Å². The predicted octanol–water partition coefficient (Wildman–Crippen LogP) is 3.00. The molecule has 1 aliphatic rings. The molecule has 2 rings (SSSR count). The Bertz CT molecular complexity index is 440. The van der Waals surface area contributed by atoms with Gasteiger partial charge >= 0.3 is 0 Å². The minimum atomic E-state index is -0.745. The quantitative estimate of drug-likeness (QED) is 0.840. The fraction of sp³-hybridized carbons (Fsp3) is 0.647. The lowest BCUT2D eigenvalue weighted by Crippen LogP contribution is -2.58. The Balaban J connectivity index is 2.53. The molecule has 0 amide bonds. The van der Waals surface area contributed by atoms with Gasteiger partial charge in [0.05, 0.1) is 12.2 Å². The zero-order valence-electron chi connectivity index (χ0n) is 12.7. The van der Waals surface area contributed by atoms with Gasteiger partial charge in [-0.05, 0) is 25.3 Å². The van der Waals surface area contributed by atoms with Crippen LogP contribution in [0, 0.1) is 0 Å². The van der Waals surface area contributed by atoms with Crippen molar-refractivity contribution in [2.45, 2.75) is 57.0 Å². The molecule has 1 heterocycles. The van der Waals surface area contributed by atoms with Gasteiger partial charge in [-0.2, -0.15) is 0 Å². The normalized spacial score (nSPS) is 22.2. The van der Waals surface area contributed by atoms with Crippen molar-refractivity contribution < 1.29 is 9.84 Å². The highest BCUT2D eigenvalue weighted by atomic mass is 16.5. The molecule has 3 heteroatoms. The van der Waals surface area contributed by atoms with Crippen molar-refractivity contribution in [3.63, 3.8) is 0 Å². The number of ether oxygens (including phenoxy) is 1. The Morgan fingerprint density at radius 1 is 1.25 bits per heavy atom. The van der Waals surface area contributed by atoms with Gasteiger partial charge in [-0.25, -0.2) is 0 Å². The molecule has 0 bridgehead atoms. The van der Waals surface area contributed by atoms with Crippen LogP contribution in [-0.2, 0) is 5.41 Å². The van der Waals surface area contributed by atoms with Crippen LogP contribution in [0.5, 0.6) is 5.75 Å². The van der Waals surface area contributed by atoms with Crippen LogP contribution in [-0.4, -0.2) is 23.9 Å². The van der Waals surface area contributed by atoms with Gasteiger partial charge in [0.1, 0.15) is 5.75 Å². The van der Waals surface area contributed by atoms with Crippen LogP contribution in [0.1, 0.15) is 51.5 Å². The minimum absolute atomic E-state index is 0.381. The second kappa shape index (κ2) is 6.15. The molecule has 1 aromatic carbocycles. The number of hydrogen-bond acceptors (Lipinski definition) is 3. The maximum Gasteiger partial charge on any atom is 0.123 e. The fourth-order valence-corrected chi connectivity index (χ4v) is 3.77. The van der Waals surface area contributed by atoms with Crippen molar-refractivity contribution in [1.82, 2.24) is 0 Å². The lowest BCUT2D eigenvalue weighted by molar-refractivity contribution is -0.0669. The average molecular weight is 277 g/mol. The number of fused-ring (bicyclic) bond motifs is 1. The summed E-state index contributed by atoms with van der Waals surface area (Å²) in [6, 6.07) is 8.04. The van der Waals surface area contributed by atoms with Crippen molar-refractivity contribution in [3.05, 3.63) is 29.8 Å². The topological polar surface area (TPSA) is 55.5 Å². The van der Waals surface area contributed by atoms with Crippen LogP contribution in [0.25, 0.3) is 0 Å². The highest BCUT2D eigenvalue weighted by Crippen LogP contribution is 2.48. The fourth-order valence-electron chi connectivity index (χ4n) is 3.77. The second-order valence-corrected chi connectivity index (χ2v) is 5.91. The average Bonchev–Trinajstić information content (AvgIpc) is 2.47. The van der Waals surface area contributed by atoms with Crippen molar-refractivity contribution in [2.75, 3.05) is 13.2 Å². The number of benzene rings is 1. The molecule has 20 heavy (non-hydrogen) atoms. The standard InChI is InChI=1S/C17H27NO2/c1-3-9-17(19,10-4-2)16(13-18)11-12-20-15-8-6-5-7-14(15)16/h5-8,19H,3-4,9-13,18H2,1-2H3. The van der Waals surface area contributed by atoms with Crippen molar-refractivity contribution in [2.24, 2.45) is 5.73 Å². The number of rotatable bonds is 6. The summed E-state index contributed by atoms with van der Waals surface area (Å²) in [7, 11) is 0. The summed E-state index contributed by atoms with van der Waals surface area (Å²) in [6.45, 7) is 5.33. The van der Waals surface area contributed by atoms with E-state index in [1.54, 1.807) is 0 Å². The Labute approximate surface area is 122 Å². The minimum Gasteiger partial charge on any atom is -0.493 e. The molecule has 1 atom stereocenters. The van der Waals surface area contributed by atoms with Crippen LogP contribution in [0.4, 0.5) is 0 Å². The lowest BCUT2D eigenvalue weighted by Gasteiger charge is -2.50. The smallest absolute Gasteiger partial charge is 0.123 e. The molecule has 1 aromatic rings. The number of nitrogens with two attached hydrogens (primary N) is 1. The van der Waals surface area contributed by atoms with E-state index in [4.69, 9.17) is 10.5 Å². The number of aliphatic hydroxyl groups is 1. The zero-order valence-corrected chi connectivity index (χ0v) is 12.7. The maximum atomic E-state index is 11.4. The molecule has 3 N–H and O–H groups in total. The first-order valence-corrected chi connectivity index (χ1v) is 7.78. The Morgan fingerprint density at radius 2 is 1.90 bits per heavy atom. The third kappa shape index (κ3) is 2.33. The summed E-state index contributed by atoms with van der Waals surface area (Å²) in [4.78, 5) is 0. The van der Waals surface area contributed by atoms with E-state index in [0.29, 0.717) is 13.2 Å². The first kappa shape index (κ1) is 15.3. The van der Waals surface area contributed by atoms with Gasteiger partial charge in [-0.1, -0.05) is 44.9 Å². The van der Waals surface area contributed by atoms with Gasteiger partial charge in [0.2, 0.25) is 0 Å². The zero-order chi connectivity index (χ0) is 14.6. The summed E-state index contributed by atoms with van der Waals surface area (Å²) in [5, 5.41) is 11.4. The monoisotopic (exact) mass is 277 g/mol. The molecular formula is C17H27NO2. The molecule has 1 unspecified atom stereocenters. The number of para-hydroxylation sites is 1. The van der Waals surface area contributed by atoms with Crippen LogP contribution in [0.3, 0.4) is 0 Å². The summed E-state index contributed by atoms with van der Waals surface area (Å²) in [5.41, 5.74) is 6.14. The highest BCUT2D eigenvalue weighted by Gasteiger charge is 2.51. The van der Waals surface area contributed by atoms with E-state index in [0.717, 1.165) is 43.4 Å². The van der Waals surface area contributed by atoms with Gasteiger partial charge in [0.25, 0.3) is 0 Å². The van der Waals surface area contributed by atoms with Crippen LogP contribution >= 0.6 is 0 Å². The van der Waals surface area contributed by atoms with E-state index < -0.39 is 5.60 Å². The predicted molar refractivity (Wildman–Crippen MR) is 82.1 cm³/mol. The first-order chi connectivity index (χ1) is 9.63. The summed E-state index contributed by atoms with van der Waals surface area (Å²) in [6.07, 6.45) is 4.28. The van der Waals surface area contributed by atoms with Gasteiger partial charge in [0.15, 0.2) is 0 Å².